The van der Waals surface area contributed by atoms with Crippen molar-refractivity contribution in [3.05, 3.63) is 200 Å². The Morgan fingerprint density at radius 3 is 1.48 bits per heavy atom. The predicted octanol–water partition coefficient (Wildman–Crippen LogP) is 13.4. The van der Waals surface area contributed by atoms with Crippen LogP contribution in [0.25, 0.3) is 99.4 Å². The zero-order valence-corrected chi connectivity index (χ0v) is 29.4. The summed E-state index contributed by atoms with van der Waals surface area (Å²) in [5.74, 6) is 0.937. The quantitative estimate of drug-likeness (QED) is 0.177. The molecule has 252 valence electrons. The maximum Gasteiger partial charge on any atom is 0.146 e. The van der Waals surface area contributed by atoms with E-state index in [4.69, 9.17) is 4.98 Å². The van der Waals surface area contributed by atoms with Crippen molar-refractivity contribution < 1.29 is 0 Å². The van der Waals surface area contributed by atoms with Crippen LogP contribution in [-0.2, 0) is 0 Å². The normalized spacial score (nSPS) is 11.7. The molecule has 0 bridgehead atoms. The highest BCUT2D eigenvalue weighted by Crippen LogP contribution is 2.41. The van der Waals surface area contributed by atoms with Gasteiger partial charge in [-0.15, -0.1) is 0 Å². The van der Waals surface area contributed by atoms with Gasteiger partial charge in [0.1, 0.15) is 5.82 Å². The molecule has 54 heavy (non-hydrogen) atoms. The molecular weight excluding hydrogens is 655 g/mol. The highest BCUT2D eigenvalue weighted by Gasteiger charge is 2.20. The molecular formula is C51H33N3. The smallest absolute Gasteiger partial charge is 0.146 e. The molecule has 0 N–H and O–H groups in total. The van der Waals surface area contributed by atoms with E-state index in [-0.39, 0.29) is 0 Å². The lowest BCUT2D eigenvalue weighted by atomic mass is 10.00. The molecule has 0 fully saturated rings. The van der Waals surface area contributed by atoms with Crippen molar-refractivity contribution in [1.82, 2.24) is 14.1 Å². The lowest BCUT2D eigenvalue weighted by Gasteiger charge is -2.13. The van der Waals surface area contributed by atoms with Gasteiger partial charge in [-0.3, -0.25) is 4.57 Å². The van der Waals surface area contributed by atoms with Crippen molar-refractivity contribution in [2.24, 2.45) is 0 Å². The Bertz CT molecular complexity index is 3190. The van der Waals surface area contributed by atoms with Gasteiger partial charge in [0.2, 0.25) is 0 Å². The van der Waals surface area contributed by atoms with Crippen LogP contribution in [0.1, 0.15) is 0 Å². The van der Waals surface area contributed by atoms with E-state index >= 15 is 0 Å². The maximum atomic E-state index is 5.43. The van der Waals surface area contributed by atoms with Gasteiger partial charge in [0.05, 0.1) is 27.8 Å². The van der Waals surface area contributed by atoms with E-state index in [0.717, 1.165) is 39.2 Å². The molecule has 0 amide bonds. The lowest BCUT2D eigenvalue weighted by molar-refractivity contribution is 1.10. The second-order valence-electron chi connectivity index (χ2n) is 14.0. The molecule has 0 aliphatic carbocycles. The molecule has 3 heteroatoms. The summed E-state index contributed by atoms with van der Waals surface area (Å²) in [7, 11) is 0. The van der Waals surface area contributed by atoms with E-state index in [9.17, 15) is 0 Å². The van der Waals surface area contributed by atoms with E-state index in [1.165, 1.54) is 60.2 Å². The standard InChI is InChI=1S/C51H33N3/c1-3-14-34(15-4-1)35-26-28-36(29-27-35)38-19-13-20-40(30-38)53-47-24-11-9-22-42(47)44-33-50-45(32-49(44)53)43-23-10-12-25-48(43)54(50)51-41-21-8-7-18-39(41)31-46(52-51)37-16-5-2-6-17-37/h1-33H. The summed E-state index contributed by atoms with van der Waals surface area (Å²) < 4.78 is 4.81. The van der Waals surface area contributed by atoms with E-state index in [0.29, 0.717) is 0 Å². The fourth-order valence-electron chi connectivity index (χ4n) is 8.35. The summed E-state index contributed by atoms with van der Waals surface area (Å²) >= 11 is 0. The average Bonchev–Trinajstić information content (AvgIpc) is 3.75. The molecule has 11 rings (SSSR count). The average molecular weight is 688 g/mol. The van der Waals surface area contributed by atoms with Crippen LogP contribution in [0.2, 0.25) is 0 Å². The number of para-hydroxylation sites is 2. The minimum absolute atomic E-state index is 0.937. The van der Waals surface area contributed by atoms with Gasteiger partial charge in [-0.05, 0) is 70.1 Å². The van der Waals surface area contributed by atoms with Gasteiger partial charge in [-0.25, -0.2) is 4.98 Å². The second kappa shape index (κ2) is 12.2. The SMILES string of the molecule is c1ccc(-c2ccc(-c3cccc(-n4c5ccccc5c5cc6c(cc54)c4ccccc4n6-c4nc(-c5ccccc5)cc5ccccc45)c3)cc2)cc1. The molecule has 0 saturated heterocycles. The molecule has 0 spiro atoms. The Balaban J connectivity index is 1.15. The molecule has 0 saturated carbocycles. The third-order valence-electron chi connectivity index (χ3n) is 10.9. The molecule has 11 aromatic rings. The van der Waals surface area contributed by atoms with Crippen LogP contribution in [0.15, 0.2) is 200 Å². The number of benzene rings is 8. The Morgan fingerprint density at radius 2 is 0.796 bits per heavy atom. The minimum atomic E-state index is 0.937. The molecule has 3 aromatic heterocycles. The largest absolute Gasteiger partial charge is 0.309 e. The Labute approximate surface area is 312 Å². The van der Waals surface area contributed by atoms with Gasteiger partial charge in [0.25, 0.3) is 0 Å². The number of hydrogen-bond donors (Lipinski definition) is 0. The minimum Gasteiger partial charge on any atom is -0.309 e. The van der Waals surface area contributed by atoms with Gasteiger partial charge in [0, 0.05) is 38.2 Å². The van der Waals surface area contributed by atoms with Crippen LogP contribution >= 0.6 is 0 Å². The number of aromatic nitrogens is 3. The summed E-state index contributed by atoms with van der Waals surface area (Å²) in [4.78, 5) is 5.43. The van der Waals surface area contributed by atoms with Crippen LogP contribution in [0.3, 0.4) is 0 Å². The summed E-state index contributed by atoms with van der Waals surface area (Å²) in [5.41, 5.74) is 12.7. The zero-order chi connectivity index (χ0) is 35.6. The van der Waals surface area contributed by atoms with Crippen molar-refractivity contribution in [3.63, 3.8) is 0 Å². The van der Waals surface area contributed by atoms with Crippen molar-refractivity contribution in [2.45, 2.75) is 0 Å². The number of fused-ring (bicyclic) bond motifs is 7. The molecule has 0 atom stereocenters. The lowest BCUT2D eigenvalue weighted by Crippen LogP contribution is -2.00. The van der Waals surface area contributed by atoms with Crippen molar-refractivity contribution in [1.29, 1.82) is 0 Å². The van der Waals surface area contributed by atoms with Gasteiger partial charge < -0.3 is 4.57 Å². The molecule has 0 aliphatic rings. The van der Waals surface area contributed by atoms with E-state index < -0.39 is 0 Å². The fraction of sp³-hybridized carbons (Fsp3) is 0. The highest BCUT2D eigenvalue weighted by atomic mass is 15.1. The van der Waals surface area contributed by atoms with Gasteiger partial charge in [0.15, 0.2) is 0 Å². The number of rotatable bonds is 5. The predicted molar refractivity (Wildman–Crippen MR) is 227 cm³/mol. The third kappa shape index (κ3) is 4.79. The Kier molecular flexibility index (Phi) is 6.86. The highest BCUT2D eigenvalue weighted by molar-refractivity contribution is 6.19. The fourth-order valence-corrected chi connectivity index (χ4v) is 8.35. The van der Waals surface area contributed by atoms with Crippen LogP contribution in [0, 0.1) is 0 Å². The van der Waals surface area contributed by atoms with Crippen molar-refractivity contribution in [3.8, 4) is 45.0 Å². The molecule has 0 radical (unpaired) electrons. The Hall–Kier alpha value is -7.23. The van der Waals surface area contributed by atoms with Crippen LogP contribution in [-0.4, -0.2) is 14.1 Å². The first kappa shape index (κ1) is 30.4. The summed E-state index contributed by atoms with van der Waals surface area (Å²) in [6.07, 6.45) is 0. The maximum absolute atomic E-state index is 5.43. The molecule has 3 nitrogen and oxygen atoms in total. The summed E-state index contributed by atoms with van der Waals surface area (Å²) in [6.45, 7) is 0. The first-order valence-electron chi connectivity index (χ1n) is 18.5. The molecule has 0 unspecified atom stereocenters. The van der Waals surface area contributed by atoms with Crippen LogP contribution < -0.4 is 0 Å². The Morgan fingerprint density at radius 1 is 0.296 bits per heavy atom. The topological polar surface area (TPSA) is 22.8 Å². The van der Waals surface area contributed by atoms with Gasteiger partial charge in [-0.1, -0.05) is 158 Å². The zero-order valence-electron chi connectivity index (χ0n) is 29.4. The van der Waals surface area contributed by atoms with Gasteiger partial charge in [-0.2, -0.15) is 0 Å². The van der Waals surface area contributed by atoms with Crippen molar-refractivity contribution in [2.75, 3.05) is 0 Å². The van der Waals surface area contributed by atoms with Crippen LogP contribution in [0.5, 0.6) is 0 Å². The molecule has 3 heterocycles. The van der Waals surface area contributed by atoms with E-state index in [1.807, 2.05) is 0 Å². The summed E-state index contributed by atoms with van der Waals surface area (Å²) in [5, 5.41) is 7.12. The first-order valence-corrected chi connectivity index (χ1v) is 18.5. The van der Waals surface area contributed by atoms with E-state index in [2.05, 4.69) is 209 Å². The molecule has 8 aromatic carbocycles. The van der Waals surface area contributed by atoms with E-state index in [1.54, 1.807) is 0 Å². The van der Waals surface area contributed by atoms with Gasteiger partial charge >= 0.3 is 0 Å². The summed E-state index contributed by atoms with van der Waals surface area (Å²) in [6, 6.07) is 72.0. The number of nitrogens with zero attached hydrogens (tertiary/aromatic N) is 3. The second-order valence-corrected chi connectivity index (χ2v) is 14.0. The first-order chi connectivity index (χ1) is 26.8. The monoisotopic (exact) mass is 687 g/mol. The van der Waals surface area contributed by atoms with Crippen molar-refractivity contribution >= 4 is 54.4 Å². The van der Waals surface area contributed by atoms with Crippen LogP contribution in [0.4, 0.5) is 0 Å². The number of hydrogen-bond acceptors (Lipinski definition) is 1. The molecule has 0 aliphatic heterocycles. The number of pyridine rings is 1. The third-order valence-corrected chi connectivity index (χ3v) is 10.9.